The molecule has 0 aromatic carbocycles. The predicted molar refractivity (Wildman–Crippen MR) is 67.9 cm³/mol. The van der Waals surface area contributed by atoms with Crippen molar-refractivity contribution in [2.45, 2.75) is 25.8 Å². The molecule has 2 rings (SSSR count). The highest BCUT2D eigenvalue weighted by molar-refractivity contribution is 5.76. The maximum atomic E-state index is 11.6. The second-order valence-electron chi connectivity index (χ2n) is 4.56. The van der Waals surface area contributed by atoms with Crippen molar-refractivity contribution in [2.75, 3.05) is 6.54 Å². The van der Waals surface area contributed by atoms with Gasteiger partial charge < -0.3 is 20.3 Å². The normalized spacial score (nSPS) is 20.9. The lowest BCUT2D eigenvalue weighted by Gasteiger charge is -2.12. The second kappa shape index (κ2) is 6.18. The van der Waals surface area contributed by atoms with E-state index in [2.05, 4.69) is 20.8 Å². The van der Waals surface area contributed by atoms with Gasteiger partial charge in [0.05, 0.1) is 12.0 Å². The van der Waals surface area contributed by atoms with Crippen LogP contribution in [-0.4, -0.2) is 39.8 Å². The van der Waals surface area contributed by atoms with Crippen LogP contribution in [0.5, 0.6) is 0 Å². The SMILES string of the molecule is Cc1noc(CCNC(=O)NC2C=CC(C(=O)O)C2)n1. The van der Waals surface area contributed by atoms with Crippen molar-refractivity contribution in [2.24, 2.45) is 5.92 Å². The summed E-state index contributed by atoms with van der Waals surface area (Å²) in [6.07, 6.45) is 4.12. The fourth-order valence-electron chi connectivity index (χ4n) is 1.93. The number of carbonyl (C=O) groups is 2. The van der Waals surface area contributed by atoms with Gasteiger partial charge in [-0.15, -0.1) is 0 Å². The first-order valence-electron chi connectivity index (χ1n) is 6.29. The van der Waals surface area contributed by atoms with Gasteiger partial charge in [-0.05, 0) is 13.3 Å². The number of urea groups is 1. The summed E-state index contributed by atoms with van der Waals surface area (Å²) in [5, 5.41) is 17.8. The van der Waals surface area contributed by atoms with E-state index in [0.717, 1.165) is 0 Å². The molecule has 2 unspecified atom stereocenters. The van der Waals surface area contributed by atoms with Crippen LogP contribution in [0, 0.1) is 12.8 Å². The maximum Gasteiger partial charge on any atom is 0.315 e. The molecule has 1 aromatic rings. The van der Waals surface area contributed by atoms with Gasteiger partial charge in [-0.25, -0.2) is 4.79 Å². The minimum atomic E-state index is -0.877. The molecule has 0 bridgehead atoms. The molecule has 1 aliphatic rings. The zero-order valence-electron chi connectivity index (χ0n) is 11.0. The summed E-state index contributed by atoms with van der Waals surface area (Å²) in [7, 11) is 0. The molecule has 108 valence electrons. The highest BCUT2D eigenvalue weighted by Crippen LogP contribution is 2.17. The second-order valence-corrected chi connectivity index (χ2v) is 4.56. The molecule has 0 saturated heterocycles. The minimum Gasteiger partial charge on any atom is -0.481 e. The van der Waals surface area contributed by atoms with Crippen molar-refractivity contribution in [1.82, 2.24) is 20.8 Å². The molecule has 8 heteroatoms. The molecule has 20 heavy (non-hydrogen) atoms. The van der Waals surface area contributed by atoms with Gasteiger partial charge in [0.1, 0.15) is 0 Å². The lowest BCUT2D eigenvalue weighted by molar-refractivity contribution is -0.140. The van der Waals surface area contributed by atoms with Crippen LogP contribution < -0.4 is 10.6 Å². The van der Waals surface area contributed by atoms with Crippen LogP contribution in [0.25, 0.3) is 0 Å². The number of amides is 2. The fourth-order valence-corrected chi connectivity index (χ4v) is 1.93. The van der Waals surface area contributed by atoms with Gasteiger partial charge in [-0.1, -0.05) is 17.3 Å². The molecule has 3 N–H and O–H groups in total. The molecule has 0 spiro atoms. The number of hydrogen-bond acceptors (Lipinski definition) is 5. The number of nitrogens with one attached hydrogen (secondary N) is 2. The molecule has 2 atom stereocenters. The van der Waals surface area contributed by atoms with Crippen LogP contribution in [0.2, 0.25) is 0 Å². The van der Waals surface area contributed by atoms with E-state index >= 15 is 0 Å². The number of aryl methyl sites for hydroxylation is 1. The van der Waals surface area contributed by atoms with E-state index < -0.39 is 11.9 Å². The summed E-state index contributed by atoms with van der Waals surface area (Å²) in [6, 6.07) is -0.594. The number of hydrogen-bond donors (Lipinski definition) is 3. The molecule has 0 radical (unpaired) electrons. The van der Waals surface area contributed by atoms with Gasteiger partial charge in [0.15, 0.2) is 5.82 Å². The summed E-state index contributed by atoms with van der Waals surface area (Å²) in [5.74, 6) is -0.380. The molecule has 2 amide bonds. The quantitative estimate of drug-likeness (QED) is 0.665. The van der Waals surface area contributed by atoms with Crippen LogP contribution in [0.1, 0.15) is 18.1 Å². The average Bonchev–Trinajstić information content (AvgIpc) is 2.99. The summed E-state index contributed by atoms with van der Waals surface area (Å²) in [6.45, 7) is 2.09. The third-order valence-electron chi connectivity index (χ3n) is 2.91. The van der Waals surface area contributed by atoms with Gasteiger partial charge in [-0.3, -0.25) is 4.79 Å². The monoisotopic (exact) mass is 280 g/mol. The molecule has 0 saturated carbocycles. The maximum absolute atomic E-state index is 11.6. The lowest BCUT2D eigenvalue weighted by atomic mass is 10.1. The fraction of sp³-hybridized carbons (Fsp3) is 0.500. The smallest absolute Gasteiger partial charge is 0.315 e. The van der Waals surface area contributed by atoms with Crippen LogP contribution in [-0.2, 0) is 11.2 Å². The number of carboxylic acids is 1. The Hall–Kier alpha value is -2.38. The van der Waals surface area contributed by atoms with Crippen LogP contribution >= 0.6 is 0 Å². The van der Waals surface area contributed by atoms with Crippen molar-refractivity contribution >= 4 is 12.0 Å². The Morgan fingerprint density at radius 2 is 2.30 bits per heavy atom. The van der Waals surface area contributed by atoms with Crippen molar-refractivity contribution in [1.29, 1.82) is 0 Å². The Morgan fingerprint density at radius 1 is 1.50 bits per heavy atom. The largest absolute Gasteiger partial charge is 0.481 e. The zero-order chi connectivity index (χ0) is 14.5. The van der Waals surface area contributed by atoms with Crippen molar-refractivity contribution in [3.63, 3.8) is 0 Å². The predicted octanol–water partition coefficient (Wildman–Crippen LogP) is 0.249. The molecule has 1 aliphatic carbocycles. The number of carboxylic acid groups (broad SMARTS) is 1. The molecule has 8 nitrogen and oxygen atoms in total. The Morgan fingerprint density at radius 3 is 2.90 bits per heavy atom. The van der Waals surface area contributed by atoms with Crippen molar-refractivity contribution in [3.05, 3.63) is 23.9 Å². The van der Waals surface area contributed by atoms with Gasteiger partial charge in [0, 0.05) is 13.0 Å². The zero-order valence-corrected chi connectivity index (χ0v) is 11.0. The first-order chi connectivity index (χ1) is 9.54. The molecular weight excluding hydrogens is 264 g/mol. The topological polar surface area (TPSA) is 117 Å². The van der Waals surface area contributed by atoms with Crippen LogP contribution in [0.3, 0.4) is 0 Å². The average molecular weight is 280 g/mol. The number of carbonyl (C=O) groups excluding carboxylic acids is 1. The first kappa shape index (κ1) is 14.0. The number of aromatic nitrogens is 2. The third-order valence-corrected chi connectivity index (χ3v) is 2.91. The van der Waals surface area contributed by atoms with Gasteiger partial charge in [-0.2, -0.15) is 4.98 Å². The number of aliphatic carboxylic acids is 1. The van der Waals surface area contributed by atoms with Crippen LogP contribution in [0.4, 0.5) is 4.79 Å². The Kier molecular flexibility index (Phi) is 4.34. The van der Waals surface area contributed by atoms with Crippen molar-refractivity contribution < 1.29 is 19.2 Å². The van der Waals surface area contributed by atoms with E-state index in [4.69, 9.17) is 9.63 Å². The molecule has 1 heterocycles. The number of rotatable bonds is 5. The van der Waals surface area contributed by atoms with Gasteiger partial charge in [0.25, 0.3) is 0 Å². The molecule has 0 fully saturated rings. The van der Waals surface area contributed by atoms with Crippen molar-refractivity contribution in [3.8, 4) is 0 Å². The van der Waals surface area contributed by atoms with Gasteiger partial charge >= 0.3 is 12.0 Å². The van der Waals surface area contributed by atoms with E-state index in [9.17, 15) is 9.59 Å². The van der Waals surface area contributed by atoms with E-state index in [1.807, 2.05) is 0 Å². The first-order valence-corrected chi connectivity index (χ1v) is 6.29. The highest BCUT2D eigenvalue weighted by atomic mass is 16.5. The third kappa shape index (κ3) is 3.81. The van der Waals surface area contributed by atoms with Gasteiger partial charge in [0.2, 0.25) is 5.89 Å². The standard InChI is InChI=1S/C12H16N4O4/c1-7-14-10(20-16-7)4-5-13-12(19)15-9-3-2-8(6-9)11(17)18/h2-3,8-9H,4-6H2,1H3,(H,17,18)(H2,13,15,19). The Labute approximate surface area is 115 Å². The molecule has 0 aliphatic heterocycles. The Balaban J connectivity index is 1.66. The summed E-state index contributed by atoms with van der Waals surface area (Å²) >= 11 is 0. The minimum absolute atomic E-state index is 0.248. The van der Waals surface area contributed by atoms with E-state index in [0.29, 0.717) is 31.1 Å². The summed E-state index contributed by atoms with van der Waals surface area (Å²) in [4.78, 5) is 26.4. The summed E-state index contributed by atoms with van der Waals surface area (Å²) in [5.41, 5.74) is 0. The molecular formula is C12H16N4O4. The van der Waals surface area contributed by atoms with E-state index in [-0.39, 0.29) is 12.1 Å². The summed E-state index contributed by atoms with van der Waals surface area (Å²) < 4.78 is 4.91. The van der Waals surface area contributed by atoms with Crippen LogP contribution in [0.15, 0.2) is 16.7 Å². The lowest BCUT2D eigenvalue weighted by Crippen LogP contribution is -2.41. The van der Waals surface area contributed by atoms with E-state index in [1.54, 1.807) is 19.1 Å². The number of nitrogens with zero attached hydrogens (tertiary/aromatic N) is 2. The Bertz CT molecular complexity index is 525. The van der Waals surface area contributed by atoms with E-state index in [1.165, 1.54) is 0 Å². The highest BCUT2D eigenvalue weighted by Gasteiger charge is 2.25. The molecule has 1 aromatic heterocycles.